The number of hydrogen-bond acceptors (Lipinski definition) is 5. The Labute approximate surface area is 133 Å². The predicted molar refractivity (Wildman–Crippen MR) is 80.4 cm³/mol. The molecule has 128 valence electrons. The Morgan fingerprint density at radius 1 is 1.13 bits per heavy atom. The van der Waals surface area contributed by atoms with Crippen molar-refractivity contribution in [1.82, 2.24) is 5.32 Å². The van der Waals surface area contributed by atoms with Crippen LogP contribution in [0.4, 0.5) is 19.3 Å². The normalized spacial score (nSPS) is 10.9. The largest absolute Gasteiger partial charge is 0.465 e. The number of carbonyl (C=O) groups excluding carboxylic acids is 2. The molecule has 1 aromatic rings. The first-order valence-corrected chi connectivity index (χ1v) is 6.92. The SMILES string of the molecule is COC(=O)c1ccc(NCCNC(=O)OC(C)(C)C)c(F)c1F. The summed E-state index contributed by atoms with van der Waals surface area (Å²) in [6.45, 7) is 5.48. The van der Waals surface area contributed by atoms with Crippen molar-refractivity contribution in [3.8, 4) is 0 Å². The van der Waals surface area contributed by atoms with Crippen molar-refractivity contribution < 1.29 is 27.8 Å². The van der Waals surface area contributed by atoms with Crippen LogP contribution < -0.4 is 10.6 Å². The fraction of sp³-hybridized carbons (Fsp3) is 0.467. The van der Waals surface area contributed by atoms with Gasteiger partial charge in [0.25, 0.3) is 0 Å². The van der Waals surface area contributed by atoms with E-state index in [9.17, 15) is 18.4 Å². The van der Waals surface area contributed by atoms with E-state index in [1.54, 1.807) is 20.8 Å². The van der Waals surface area contributed by atoms with E-state index in [1.807, 2.05) is 0 Å². The maximum Gasteiger partial charge on any atom is 0.407 e. The lowest BCUT2D eigenvalue weighted by Gasteiger charge is -2.19. The third-order valence-electron chi connectivity index (χ3n) is 2.60. The van der Waals surface area contributed by atoms with Crippen molar-refractivity contribution in [2.45, 2.75) is 26.4 Å². The molecule has 0 aliphatic rings. The molecule has 1 amide bonds. The quantitative estimate of drug-likeness (QED) is 0.641. The number of ether oxygens (including phenoxy) is 2. The molecular formula is C15H20F2N2O4. The molecule has 0 atom stereocenters. The Morgan fingerprint density at radius 3 is 2.35 bits per heavy atom. The number of amides is 1. The summed E-state index contributed by atoms with van der Waals surface area (Å²) in [5, 5.41) is 5.09. The molecule has 2 N–H and O–H groups in total. The Bertz CT molecular complexity index is 586. The summed E-state index contributed by atoms with van der Waals surface area (Å²) in [5.74, 6) is -3.44. The number of esters is 1. The van der Waals surface area contributed by atoms with Gasteiger partial charge in [-0.2, -0.15) is 0 Å². The molecule has 0 radical (unpaired) electrons. The highest BCUT2D eigenvalue weighted by Crippen LogP contribution is 2.21. The monoisotopic (exact) mass is 330 g/mol. The van der Waals surface area contributed by atoms with Crippen LogP contribution in [0.15, 0.2) is 12.1 Å². The van der Waals surface area contributed by atoms with Gasteiger partial charge in [0, 0.05) is 13.1 Å². The number of alkyl carbamates (subject to hydrolysis) is 1. The molecule has 0 spiro atoms. The summed E-state index contributed by atoms with van der Waals surface area (Å²) < 4.78 is 36.9. The van der Waals surface area contributed by atoms with Crippen LogP contribution in [0.25, 0.3) is 0 Å². The second kappa shape index (κ2) is 7.75. The highest BCUT2D eigenvalue weighted by atomic mass is 19.2. The van der Waals surface area contributed by atoms with Crippen LogP contribution in [-0.2, 0) is 9.47 Å². The van der Waals surface area contributed by atoms with Crippen LogP contribution in [0.2, 0.25) is 0 Å². The number of hydrogen-bond donors (Lipinski definition) is 2. The van der Waals surface area contributed by atoms with Gasteiger partial charge in [-0.25, -0.2) is 18.4 Å². The first-order valence-electron chi connectivity index (χ1n) is 6.92. The molecule has 0 saturated heterocycles. The highest BCUT2D eigenvalue weighted by Gasteiger charge is 2.19. The number of benzene rings is 1. The zero-order chi connectivity index (χ0) is 17.6. The number of anilines is 1. The summed E-state index contributed by atoms with van der Waals surface area (Å²) in [6, 6.07) is 2.34. The molecule has 8 heteroatoms. The zero-order valence-corrected chi connectivity index (χ0v) is 13.5. The maximum atomic E-state index is 13.8. The smallest absolute Gasteiger partial charge is 0.407 e. The third kappa shape index (κ3) is 5.72. The molecule has 1 rings (SSSR count). The van der Waals surface area contributed by atoms with E-state index in [4.69, 9.17) is 4.74 Å². The van der Waals surface area contributed by atoms with Gasteiger partial charge in [-0.1, -0.05) is 0 Å². The first-order chi connectivity index (χ1) is 10.7. The summed E-state index contributed by atoms with van der Waals surface area (Å²) >= 11 is 0. The lowest BCUT2D eigenvalue weighted by molar-refractivity contribution is 0.0528. The van der Waals surface area contributed by atoms with Gasteiger partial charge >= 0.3 is 12.1 Å². The van der Waals surface area contributed by atoms with Crippen LogP contribution >= 0.6 is 0 Å². The van der Waals surface area contributed by atoms with E-state index in [0.717, 1.165) is 13.2 Å². The Kier molecular flexibility index (Phi) is 6.29. The molecule has 0 heterocycles. The molecule has 0 saturated carbocycles. The molecular weight excluding hydrogens is 310 g/mol. The van der Waals surface area contributed by atoms with Crippen LogP contribution in [0.3, 0.4) is 0 Å². The van der Waals surface area contributed by atoms with Gasteiger partial charge < -0.3 is 20.1 Å². The van der Waals surface area contributed by atoms with E-state index in [2.05, 4.69) is 15.4 Å². The summed E-state index contributed by atoms with van der Waals surface area (Å²) in [7, 11) is 1.08. The molecule has 0 aliphatic heterocycles. The molecule has 0 unspecified atom stereocenters. The second-order valence-corrected chi connectivity index (χ2v) is 5.64. The van der Waals surface area contributed by atoms with Crippen molar-refractivity contribution in [3.05, 3.63) is 29.3 Å². The van der Waals surface area contributed by atoms with Gasteiger partial charge in [0.2, 0.25) is 0 Å². The van der Waals surface area contributed by atoms with Crippen molar-refractivity contribution in [3.63, 3.8) is 0 Å². The summed E-state index contributed by atoms with van der Waals surface area (Å²) in [6.07, 6.45) is -0.605. The fourth-order valence-electron chi connectivity index (χ4n) is 1.63. The molecule has 6 nitrogen and oxygen atoms in total. The molecule has 1 aromatic carbocycles. The maximum absolute atomic E-state index is 13.8. The van der Waals surface area contributed by atoms with Crippen LogP contribution in [0.5, 0.6) is 0 Å². The van der Waals surface area contributed by atoms with E-state index < -0.39 is 34.9 Å². The van der Waals surface area contributed by atoms with Gasteiger partial charge in [-0.05, 0) is 32.9 Å². The first kappa shape index (κ1) is 18.7. The average Bonchev–Trinajstić information content (AvgIpc) is 2.45. The number of methoxy groups -OCH3 is 1. The highest BCUT2D eigenvalue weighted by molar-refractivity contribution is 5.90. The molecule has 23 heavy (non-hydrogen) atoms. The molecule has 0 fully saturated rings. The van der Waals surface area contributed by atoms with E-state index in [0.29, 0.717) is 0 Å². The minimum Gasteiger partial charge on any atom is -0.465 e. The van der Waals surface area contributed by atoms with Crippen molar-refractivity contribution in [2.24, 2.45) is 0 Å². The standard InChI is InChI=1S/C15H20F2N2O4/c1-15(2,3)23-14(21)19-8-7-18-10-6-5-9(13(20)22-4)11(16)12(10)17/h5-6,18H,7-8H2,1-4H3,(H,19,21). The van der Waals surface area contributed by atoms with Gasteiger partial charge in [-0.15, -0.1) is 0 Å². The Morgan fingerprint density at radius 2 is 1.78 bits per heavy atom. The number of carbonyl (C=O) groups is 2. The van der Waals surface area contributed by atoms with E-state index in [-0.39, 0.29) is 18.8 Å². The van der Waals surface area contributed by atoms with Crippen LogP contribution in [-0.4, -0.2) is 37.9 Å². The van der Waals surface area contributed by atoms with Crippen molar-refractivity contribution >= 4 is 17.7 Å². The molecule has 0 bridgehead atoms. The summed E-state index contributed by atoms with van der Waals surface area (Å²) in [4.78, 5) is 22.6. The summed E-state index contributed by atoms with van der Waals surface area (Å²) in [5.41, 5.74) is -1.22. The predicted octanol–water partition coefficient (Wildman–Crippen LogP) is 2.69. The van der Waals surface area contributed by atoms with E-state index >= 15 is 0 Å². The molecule has 0 aromatic heterocycles. The Hall–Kier alpha value is -2.38. The van der Waals surface area contributed by atoms with E-state index in [1.165, 1.54) is 6.07 Å². The van der Waals surface area contributed by atoms with Crippen LogP contribution in [0.1, 0.15) is 31.1 Å². The number of rotatable bonds is 5. The van der Waals surface area contributed by atoms with Crippen molar-refractivity contribution in [1.29, 1.82) is 0 Å². The average molecular weight is 330 g/mol. The van der Waals surface area contributed by atoms with Gasteiger partial charge in [0.1, 0.15) is 5.60 Å². The van der Waals surface area contributed by atoms with Gasteiger partial charge in [-0.3, -0.25) is 0 Å². The fourth-order valence-corrected chi connectivity index (χ4v) is 1.63. The van der Waals surface area contributed by atoms with Crippen molar-refractivity contribution in [2.75, 3.05) is 25.5 Å². The lowest BCUT2D eigenvalue weighted by atomic mass is 10.2. The Balaban J connectivity index is 2.55. The third-order valence-corrected chi connectivity index (χ3v) is 2.60. The minimum absolute atomic E-state index is 0.124. The molecule has 0 aliphatic carbocycles. The number of nitrogens with one attached hydrogen (secondary N) is 2. The van der Waals surface area contributed by atoms with Gasteiger partial charge in [0.05, 0.1) is 18.4 Å². The lowest BCUT2D eigenvalue weighted by Crippen LogP contribution is -2.35. The number of halogens is 2. The zero-order valence-electron chi connectivity index (χ0n) is 13.5. The van der Waals surface area contributed by atoms with Crippen LogP contribution in [0, 0.1) is 11.6 Å². The topological polar surface area (TPSA) is 76.7 Å². The van der Waals surface area contributed by atoms with Gasteiger partial charge in [0.15, 0.2) is 11.6 Å². The second-order valence-electron chi connectivity index (χ2n) is 5.64. The minimum atomic E-state index is -1.29.